The van der Waals surface area contributed by atoms with Gasteiger partial charge in [-0.3, -0.25) is 4.79 Å². The number of nitrogens with zero attached hydrogens (tertiary/aromatic N) is 1. The van der Waals surface area contributed by atoms with Crippen LogP contribution in [-0.4, -0.2) is 32.3 Å². The molecule has 1 atom stereocenters. The molecule has 2 aromatic carbocycles. The van der Waals surface area contributed by atoms with E-state index in [1.54, 1.807) is 7.11 Å². The number of anilines is 1. The standard InChI is InChI=1S/C21H25NO4/c1-3-16-15-22(19-7-4-5-8-20(19)26-16)21(23)9-6-14-25-18-12-10-17(24-2)11-13-18/h4-5,7-8,10-13,16H,3,6,9,14-15H2,1-2H3. The number of hydrogen-bond donors (Lipinski definition) is 0. The molecule has 1 aliphatic rings. The van der Waals surface area contributed by atoms with E-state index in [1.807, 2.05) is 53.4 Å². The zero-order valence-electron chi connectivity index (χ0n) is 15.3. The number of amides is 1. The van der Waals surface area contributed by atoms with E-state index in [1.165, 1.54) is 0 Å². The Labute approximate surface area is 154 Å². The monoisotopic (exact) mass is 355 g/mol. The zero-order chi connectivity index (χ0) is 18.4. The Morgan fingerprint density at radius 2 is 1.88 bits per heavy atom. The highest BCUT2D eigenvalue weighted by atomic mass is 16.5. The Kier molecular flexibility index (Phi) is 6.00. The van der Waals surface area contributed by atoms with Gasteiger partial charge < -0.3 is 19.1 Å². The van der Waals surface area contributed by atoms with Crippen molar-refractivity contribution in [3.63, 3.8) is 0 Å². The van der Waals surface area contributed by atoms with Gasteiger partial charge in [0.1, 0.15) is 23.4 Å². The molecule has 1 aliphatic heterocycles. The predicted octanol–water partition coefficient (Wildman–Crippen LogP) is 4.06. The minimum atomic E-state index is 0.0457. The Morgan fingerprint density at radius 1 is 1.15 bits per heavy atom. The molecular formula is C21H25NO4. The van der Waals surface area contributed by atoms with Crippen molar-refractivity contribution >= 4 is 11.6 Å². The molecule has 2 aromatic rings. The summed E-state index contributed by atoms with van der Waals surface area (Å²) in [5.74, 6) is 2.47. The fourth-order valence-corrected chi connectivity index (χ4v) is 2.97. The number of methoxy groups -OCH3 is 1. The Morgan fingerprint density at radius 3 is 2.62 bits per heavy atom. The van der Waals surface area contributed by atoms with Crippen LogP contribution in [0.1, 0.15) is 26.2 Å². The molecule has 26 heavy (non-hydrogen) atoms. The topological polar surface area (TPSA) is 48.0 Å². The number of benzene rings is 2. The van der Waals surface area contributed by atoms with Crippen LogP contribution < -0.4 is 19.1 Å². The summed E-state index contributed by atoms with van der Waals surface area (Å²) in [6, 6.07) is 15.2. The van der Waals surface area contributed by atoms with Crippen molar-refractivity contribution in [3.05, 3.63) is 48.5 Å². The van der Waals surface area contributed by atoms with Gasteiger partial charge in [0.25, 0.3) is 0 Å². The van der Waals surface area contributed by atoms with Crippen LogP contribution in [0.4, 0.5) is 5.69 Å². The number of rotatable bonds is 7. The first-order valence-electron chi connectivity index (χ1n) is 9.04. The summed E-state index contributed by atoms with van der Waals surface area (Å²) in [6.45, 7) is 3.18. The van der Waals surface area contributed by atoms with Crippen molar-refractivity contribution < 1.29 is 19.0 Å². The van der Waals surface area contributed by atoms with Crippen molar-refractivity contribution in [3.8, 4) is 17.2 Å². The van der Waals surface area contributed by atoms with E-state index in [0.29, 0.717) is 26.0 Å². The van der Waals surface area contributed by atoms with E-state index in [0.717, 1.165) is 29.4 Å². The molecule has 0 spiro atoms. The molecule has 0 radical (unpaired) electrons. The predicted molar refractivity (Wildman–Crippen MR) is 101 cm³/mol. The van der Waals surface area contributed by atoms with Gasteiger partial charge in [-0.05, 0) is 49.2 Å². The van der Waals surface area contributed by atoms with Crippen molar-refractivity contribution in [2.75, 3.05) is 25.2 Å². The highest BCUT2D eigenvalue weighted by Gasteiger charge is 2.28. The molecule has 1 unspecified atom stereocenters. The van der Waals surface area contributed by atoms with E-state index in [9.17, 15) is 4.79 Å². The highest BCUT2D eigenvalue weighted by Crippen LogP contribution is 2.34. The first kappa shape index (κ1) is 18.1. The lowest BCUT2D eigenvalue weighted by Gasteiger charge is -2.34. The summed E-state index contributed by atoms with van der Waals surface area (Å²) in [6.07, 6.45) is 2.03. The maximum Gasteiger partial charge on any atom is 0.227 e. The van der Waals surface area contributed by atoms with E-state index in [-0.39, 0.29) is 12.0 Å². The summed E-state index contributed by atoms with van der Waals surface area (Å²) in [4.78, 5) is 14.6. The van der Waals surface area contributed by atoms with Gasteiger partial charge in [-0.2, -0.15) is 0 Å². The summed E-state index contributed by atoms with van der Waals surface area (Å²) in [5, 5.41) is 0. The largest absolute Gasteiger partial charge is 0.497 e. The normalized spacial score (nSPS) is 15.8. The Hall–Kier alpha value is -2.69. The van der Waals surface area contributed by atoms with Crippen molar-refractivity contribution in [2.45, 2.75) is 32.3 Å². The van der Waals surface area contributed by atoms with Crippen LogP contribution in [0.15, 0.2) is 48.5 Å². The molecule has 0 N–H and O–H groups in total. The molecule has 1 amide bonds. The third-order valence-electron chi connectivity index (χ3n) is 4.46. The first-order valence-corrected chi connectivity index (χ1v) is 9.04. The number of fused-ring (bicyclic) bond motifs is 1. The number of hydrogen-bond acceptors (Lipinski definition) is 4. The first-order chi connectivity index (χ1) is 12.7. The third kappa shape index (κ3) is 4.28. The maximum absolute atomic E-state index is 12.7. The second-order valence-electron chi connectivity index (χ2n) is 6.25. The van der Waals surface area contributed by atoms with Crippen LogP contribution in [0, 0.1) is 0 Å². The van der Waals surface area contributed by atoms with E-state index in [2.05, 4.69) is 6.92 Å². The van der Waals surface area contributed by atoms with Gasteiger partial charge in [-0.1, -0.05) is 19.1 Å². The van der Waals surface area contributed by atoms with Gasteiger partial charge in [-0.15, -0.1) is 0 Å². The summed E-state index contributed by atoms with van der Waals surface area (Å²) < 4.78 is 16.8. The van der Waals surface area contributed by atoms with Crippen molar-refractivity contribution in [1.82, 2.24) is 0 Å². The molecule has 0 saturated heterocycles. The number of para-hydroxylation sites is 2. The lowest BCUT2D eigenvalue weighted by atomic mass is 10.1. The average Bonchev–Trinajstić information content (AvgIpc) is 2.70. The summed E-state index contributed by atoms with van der Waals surface area (Å²) >= 11 is 0. The van der Waals surface area contributed by atoms with E-state index < -0.39 is 0 Å². The highest BCUT2D eigenvalue weighted by molar-refractivity contribution is 5.95. The Balaban J connectivity index is 1.52. The minimum Gasteiger partial charge on any atom is -0.497 e. The average molecular weight is 355 g/mol. The van der Waals surface area contributed by atoms with Crippen LogP contribution >= 0.6 is 0 Å². The molecular weight excluding hydrogens is 330 g/mol. The summed E-state index contributed by atoms with van der Waals surface area (Å²) in [5.41, 5.74) is 0.860. The van der Waals surface area contributed by atoms with Crippen molar-refractivity contribution in [1.29, 1.82) is 0 Å². The second-order valence-corrected chi connectivity index (χ2v) is 6.25. The van der Waals surface area contributed by atoms with Gasteiger partial charge in [-0.25, -0.2) is 0 Å². The van der Waals surface area contributed by atoms with Crippen LogP contribution in [0.3, 0.4) is 0 Å². The van der Waals surface area contributed by atoms with Gasteiger partial charge in [0.15, 0.2) is 0 Å². The minimum absolute atomic E-state index is 0.0457. The fourth-order valence-electron chi connectivity index (χ4n) is 2.97. The van der Waals surface area contributed by atoms with Crippen LogP contribution in [0.25, 0.3) is 0 Å². The molecule has 0 aliphatic carbocycles. The fraction of sp³-hybridized carbons (Fsp3) is 0.381. The smallest absolute Gasteiger partial charge is 0.227 e. The number of carbonyl (C=O) groups excluding carboxylic acids is 1. The van der Waals surface area contributed by atoms with Gasteiger partial charge in [0, 0.05) is 6.42 Å². The molecule has 0 fully saturated rings. The molecule has 138 valence electrons. The van der Waals surface area contributed by atoms with Gasteiger partial charge >= 0.3 is 0 Å². The van der Waals surface area contributed by atoms with Crippen molar-refractivity contribution in [2.24, 2.45) is 0 Å². The molecule has 0 bridgehead atoms. The molecule has 1 heterocycles. The maximum atomic E-state index is 12.7. The molecule has 0 aromatic heterocycles. The van der Waals surface area contributed by atoms with Crippen LogP contribution in [0.2, 0.25) is 0 Å². The van der Waals surface area contributed by atoms with Crippen LogP contribution in [0.5, 0.6) is 17.2 Å². The summed E-state index contributed by atoms with van der Waals surface area (Å²) in [7, 11) is 1.63. The van der Waals surface area contributed by atoms with E-state index in [4.69, 9.17) is 14.2 Å². The Bertz CT molecular complexity index is 729. The molecule has 5 heteroatoms. The van der Waals surface area contributed by atoms with Crippen LogP contribution in [-0.2, 0) is 4.79 Å². The number of ether oxygens (including phenoxy) is 3. The number of carbonyl (C=O) groups is 1. The molecule has 5 nitrogen and oxygen atoms in total. The van der Waals surface area contributed by atoms with E-state index >= 15 is 0 Å². The molecule has 0 saturated carbocycles. The zero-order valence-corrected chi connectivity index (χ0v) is 15.3. The lowest BCUT2D eigenvalue weighted by Crippen LogP contribution is -2.43. The lowest BCUT2D eigenvalue weighted by molar-refractivity contribution is -0.119. The second kappa shape index (κ2) is 8.61. The third-order valence-corrected chi connectivity index (χ3v) is 4.46. The molecule has 3 rings (SSSR count). The quantitative estimate of drug-likeness (QED) is 0.703. The SMILES string of the molecule is CCC1CN(C(=O)CCCOc2ccc(OC)cc2)c2ccccc2O1. The van der Waals surface area contributed by atoms with Gasteiger partial charge in [0.2, 0.25) is 5.91 Å². The van der Waals surface area contributed by atoms with Gasteiger partial charge in [0.05, 0.1) is 25.9 Å².